The molecule has 0 spiro atoms. The summed E-state index contributed by atoms with van der Waals surface area (Å²) in [6.07, 6.45) is 5.83. The van der Waals surface area contributed by atoms with Crippen LogP contribution in [0.2, 0.25) is 0 Å². The molecule has 0 unspecified atom stereocenters. The highest BCUT2D eigenvalue weighted by atomic mass is 16.5. The second kappa shape index (κ2) is 11.1. The zero-order valence-electron chi connectivity index (χ0n) is 17.2. The molecule has 0 heterocycles. The lowest BCUT2D eigenvalue weighted by Crippen LogP contribution is -2.06. The van der Waals surface area contributed by atoms with Crippen LogP contribution in [0.15, 0.2) is 43.0 Å². The molecule has 0 fully saturated rings. The Morgan fingerprint density at radius 1 is 1.00 bits per heavy atom. The Bertz CT molecular complexity index is 841. The number of phenols is 2. The highest BCUT2D eigenvalue weighted by Crippen LogP contribution is 2.35. The summed E-state index contributed by atoms with van der Waals surface area (Å²) in [5.74, 6) is 0.245. The van der Waals surface area contributed by atoms with E-state index in [1.807, 2.05) is 0 Å². The molecular formula is C24H30O5. The van der Waals surface area contributed by atoms with Crippen LogP contribution in [-0.2, 0) is 6.42 Å². The van der Waals surface area contributed by atoms with E-state index < -0.39 is 5.78 Å². The maximum absolute atomic E-state index is 13.0. The third-order valence-electron chi connectivity index (χ3n) is 4.57. The van der Waals surface area contributed by atoms with Crippen molar-refractivity contribution in [2.24, 2.45) is 0 Å². The Labute approximate surface area is 172 Å². The van der Waals surface area contributed by atoms with E-state index in [-0.39, 0.29) is 22.6 Å². The Morgan fingerprint density at radius 2 is 1.66 bits per heavy atom. The van der Waals surface area contributed by atoms with Crippen molar-refractivity contribution >= 4 is 5.78 Å². The number of carbonyl (C=O) groups excluding carboxylic acids is 1. The molecule has 5 heteroatoms. The highest BCUT2D eigenvalue weighted by Gasteiger charge is 2.21. The molecule has 2 N–H and O–H groups in total. The molecule has 2 rings (SSSR count). The summed E-state index contributed by atoms with van der Waals surface area (Å²) in [7, 11) is 0. The Kier molecular flexibility index (Phi) is 8.59. The van der Waals surface area contributed by atoms with Crippen LogP contribution >= 0.6 is 0 Å². The minimum absolute atomic E-state index is 0.104. The summed E-state index contributed by atoms with van der Waals surface area (Å²) < 4.78 is 11.3. The number of carbonyl (C=O) groups is 1. The average molecular weight is 398 g/mol. The van der Waals surface area contributed by atoms with Gasteiger partial charge >= 0.3 is 0 Å². The maximum Gasteiger partial charge on any atom is 0.200 e. The first-order valence-corrected chi connectivity index (χ1v) is 10.1. The Balaban J connectivity index is 2.30. The lowest BCUT2D eigenvalue weighted by molar-refractivity contribution is 0.103. The first-order chi connectivity index (χ1) is 14.0. The molecule has 0 saturated carbocycles. The van der Waals surface area contributed by atoms with Crippen molar-refractivity contribution in [2.45, 2.75) is 46.0 Å². The number of ether oxygens (including phenoxy) is 2. The van der Waals surface area contributed by atoms with Crippen molar-refractivity contribution in [3.63, 3.8) is 0 Å². The zero-order valence-corrected chi connectivity index (χ0v) is 17.2. The van der Waals surface area contributed by atoms with E-state index in [1.165, 1.54) is 18.2 Å². The summed E-state index contributed by atoms with van der Waals surface area (Å²) in [4.78, 5) is 13.0. The van der Waals surface area contributed by atoms with Crippen LogP contribution in [-0.4, -0.2) is 29.2 Å². The molecule has 0 saturated heterocycles. The topological polar surface area (TPSA) is 76.0 Å². The number of ketones is 1. The van der Waals surface area contributed by atoms with Gasteiger partial charge in [0.05, 0.1) is 24.3 Å². The van der Waals surface area contributed by atoms with Crippen molar-refractivity contribution in [1.29, 1.82) is 0 Å². The molecule has 0 radical (unpaired) electrons. The first kappa shape index (κ1) is 22.3. The van der Waals surface area contributed by atoms with E-state index in [2.05, 4.69) is 20.4 Å². The van der Waals surface area contributed by atoms with Gasteiger partial charge in [-0.1, -0.05) is 32.8 Å². The van der Waals surface area contributed by atoms with E-state index in [4.69, 9.17) is 9.47 Å². The lowest BCUT2D eigenvalue weighted by atomic mass is 9.97. The van der Waals surface area contributed by atoms with E-state index in [9.17, 15) is 15.0 Å². The molecule has 0 aliphatic carbocycles. The van der Waals surface area contributed by atoms with Gasteiger partial charge < -0.3 is 19.7 Å². The summed E-state index contributed by atoms with van der Waals surface area (Å²) in [5.41, 5.74) is 0.730. The maximum atomic E-state index is 13.0. The number of aromatic hydroxyl groups is 2. The van der Waals surface area contributed by atoms with Gasteiger partial charge in [-0.05, 0) is 43.5 Å². The Hall–Kier alpha value is -2.95. The number of unbranched alkanes of at least 4 members (excludes halogenated alkanes) is 2. The van der Waals surface area contributed by atoms with Crippen LogP contribution in [0.25, 0.3) is 0 Å². The van der Waals surface area contributed by atoms with Crippen LogP contribution in [0.4, 0.5) is 0 Å². The van der Waals surface area contributed by atoms with Crippen molar-refractivity contribution < 1.29 is 24.5 Å². The normalized spacial score (nSPS) is 10.6. The molecule has 2 aromatic rings. The second-order valence-electron chi connectivity index (χ2n) is 6.84. The van der Waals surface area contributed by atoms with E-state index in [1.54, 1.807) is 18.2 Å². The minimum Gasteiger partial charge on any atom is -0.507 e. The van der Waals surface area contributed by atoms with Crippen molar-refractivity contribution in [2.75, 3.05) is 13.2 Å². The van der Waals surface area contributed by atoms with Gasteiger partial charge in [-0.15, -0.1) is 6.58 Å². The number of allylic oxidation sites excluding steroid dienone is 1. The van der Waals surface area contributed by atoms with Gasteiger partial charge in [0.1, 0.15) is 23.0 Å². The van der Waals surface area contributed by atoms with Gasteiger partial charge in [0.15, 0.2) is 5.78 Å². The lowest BCUT2D eigenvalue weighted by Gasteiger charge is -2.15. The molecule has 0 amide bonds. The summed E-state index contributed by atoms with van der Waals surface area (Å²) in [6.45, 7) is 8.94. The molecule has 29 heavy (non-hydrogen) atoms. The summed E-state index contributed by atoms with van der Waals surface area (Å²) in [5, 5.41) is 21.0. The summed E-state index contributed by atoms with van der Waals surface area (Å²) in [6, 6.07) is 7.79. The van der Waals surface area contributed by atoms with Crippen molar-refractivity contribution in [1.82, 2.24) is 0 Å². The largest absolute Gasteiger partial charge is 0.507 e. The highest BCUT2D eigenvalue weighted by molar-refractivity contribution is 6.12. The molecule has 156 valence electrons. The fourth-order valence-corrected chi connectivity index (χ4v) is 2.88. The average Bonchev–Trinajstić information content (AvgIpc) is 2.70. The van der Waals surface area contributed by atoms with E-state index >= 15 is 0 Å². The third kappa shape index (κ3) is 5.76. The van der Waals surface area contributed by atoms with Gasteiger partial charge in [0.2, 0.25) is 0 Å². The van der Waals surface area contributed by atoms with Gasteiger partial charge in [0.25, 0.3) is 0 Å². The van der Waals surface area contributed by atoms with E-state index in [0.717, 1.165) is 25.7 Å². The van der Waals surface area contributed by atoms with Crippen molar-refractivity contribution in [3.05, 3.63) is 59.7 Å². The predicted molar refractivity (Wildman–Crippen MR) is 114 cm³/mol. The number of benzene rings is 2. The number of rotatable bonds is 12. The quantitative estimate of drug-likeness (QED) is 0.284. The molecule has 0 bridgehead atoms. The number of phenolic OH excluding ortho intramolecular Hbond substituents is 2. The second-order valence-corrected chi connectivity index (χ2v) is 6.84. The van der Waals surface area contributed by atoms with Crippen molar-refractivity contribution in [3.8, 4) is 23.0 Å². The molecule has 2 aromatic carbocycles. The molecule has 0 aliphatic heterocycles. The zero-order chi connectivity index (χ0) is 21.2. The van der Waals surface area contributed by atoms with Gasteiger partial charge in [0, 0.05) is 11.6 Å². The number of hydrogen-bond donors (Lipinski definition) is 2. The van der Waals surface area contributed by atoms with Gasteiger partial charge in [-0.3, -0.25) is 4.79 Å². The monoisotopic (exact) mass is 398 g/mol. The Morgan fingerprint density at radius 3 is 2.28 bits per heavy atom. The first-order valence-electron chi connectivity index (χ1n) is 10.1. The SMILES string of the molecule is C=CCc1c(OCCCC)ccc(C(=O)c2ccc(OCCCC)cc2O)c1O. The summed E-state index contributed by atoms with van der Waals surface area (Å²) >= 11 is 0. The fourth-order valence-electron chi connectivity index (χ4n) is 2.88. The molecule has 0 aliphatic rings. The van der Waals surface area contributed by atoms with Crippen LogP contribution in [0.5, 0.6) is 23.0 Å². The van der Waals surface area contributed by atoms with Gasteiger partial charge in [-0.2, -0.15) is 0 Å². The third-order valence-corrected chi connectivity index (χ3v) is 4.57. The molecule has 5 nitrogen and oxygen atoms in total. The smallest absolute Gasteiger partial charge is 0.200 e. The predicted octanol–water partition coefficient (Wildman–Crippen LogP) is 5.42. The van der Waals surface area contributed by atoms with Crippen LogP contribution in [0.1, 0.15) is 61.0 Å². The van der Waals surface area contributed by atoms with Crippen LogP contribution in [0.3, 0.4) is 0 Å². The van der Waals surface area contributed by atoms with Crippen LogP contribution < -0.4 is 9.47 Å². The molecule has 0 atom stereocenters. The molecular weight excluding hydrogens is 368 g/mol. The molecule has 0 aromatic heterocycles. The standard InChI is InChI=1S/C24H30O5/c1-4-7-14-28-17-10-11-18(21(25)16-17)23(26)20-12-13-22(29-15-8-5-2)19(9-6-3)24(20)27/h6,10-13,16,25,27H,3-5,7-9,14-15H2,1-2H3. The minimum atomic E-state index is -0.467. The fraction of sp³-hybridized carbons (Fsp3) is 0.375. The van der Waals surface area contributed by atoms with Gasteiger partial charge in [-0.25, -0.2) is 0 Å². The van der Waals surface area contributed by atoms with E-state index in [0.29, 0.717) is 36.7 Å². The number of hydrogen-bond acceptors (Lipinski definition) is 5. The van der Waals surface area contributed by atoms with Crippen LogP contribution in [0, 0.1) is 0 Å².